The van der Waals surface area contributed by atoms with Gasteiger partial charge in [-0.15, -0.1) is 0 Å². The average molecular weight is 378 g/mol. The van der Waals surface area contributed by atoms with Gasteiger partial charge in [-0.2, -0.15) is 16.8 Å². The Kier molecular flexibility index (Phi) is 4.80. The number of fused-ring (bicyclic) bond motifs is 1. The van der Waals surface area contributed by atoms with Crippen LogP contribution in [0.3, 0.4) is 0 Å². The first kappa shape index (κ1) is 18.9. The maximum atomic E-state index is 11.0. The molecule has 0 aromatic carbocycles. The molecule has 2 rings (SSSR count). The Hall–Kier alpha value is -0.420. The summed E-state index contributed by atoms with van der Waals surface area (Å²) in [5.41, 5.74) is 0. The van der Waals surface area contributed by atoms with Crippen LogP contribution in [-0.4, -0.2) is 65.0 Å². The zero-order valence-corrected chi connectivity index (χ0v) is 13.9. The van der Waals surface area contributed by atoms with Crippen LogP contribution < -0.4 is 10.3 Å². The van der Waals surface area contributed by atoms with E-state index in [1.165, 1.54) is 13.8 Å². The van der Waals surface area contributed by atoms with Crippen molar-refractivity contribution in [2.24, 2.45) is 10.3 Å². The van der Waals surface area contributed by atoms with Crippen LogP contribution in [0.4, 0.5) is 0 Å². The number of rotatable bonds is 5. The van der Waals surface area contributed by atoms with Gasteiger partial charge < -0.3 is 19.3 Å². The zero-order valence-electron chi connectivity index (χ0n) is 12.2. The minimum atomic E-state index is -4.35. The molecule has 0 aliphatic carbocycles. The predicted molar refractivity (Wildman–Crippen MR) is 71.8 cm³/mol. The summed E-state index contributed by atoms with van der Waals surface area (Å²) in [5, 5.41) is 19.8. The summed E-state index contributed by atoms with van der Waals surface area (Å²) in [7, 11) is -8.66. The number of ether oxygens (including phenoxy) is 3. The highest BCUT2D eigenvalue weighted by molar-refractivity contribution is 7.84. The highest BCUT2D eigenvalue weighted by atomic mass is 32.2. The fraction of sp³-hybridized carbons (Fsp3) is 1.00. The summed E-state index contributed by atoms with van der Waals surface area (Å²) in [6.07, 6.45) is -4.22. The lowest BCUT2D eigenvalue weighted by atomic mass is 9.98. The molecule has 0 aromatic heterocycles. The Bertz CT molecular complexity index is 662. The molecule has 136 valence electrons. The van der Waals surface area contributed by atoms with Gasteiger partial charge >= 0.3 is 20.6 Å². The van der Waals surface area contributed by atoms with Gasteiger partial charge in [0.1, 0.15) is 24.9 Å². The van der Waals surface area contributed by atoms with Crippen molar-refractivity contribution in [2.45, 2.75) is 43.7 Å². The van der Waals surface area contributed by atoms with Gasteiger partial charge in [-0.05, 0) is 13.8 Å². The average Bonchev–Trinajstić information content (AvgIpc) is 2.61. The van der Waals surface area contributed by atoms with E-state index < -0.39 is 63.7 Å². The molecule has 2 aliphatic heterocycles. The van der Waals surface area contributed by atoms with Crippen molar-refractivity contribution in [3.8, 4) is 0 Å². The highest BCUT2D eigenvalue weighted by Crippen LogP contribution is 2.43. The van der Waals surface area contributed by atoms with Crippen molar-refractivity contribution < 1.29 is 44.5 Å². The summed E-state index contributed by atoms with van der Waals surface area (Å²) in [4.78, 5) is 0. The van der Waals surface area contributed by atoms with Crippen molar-refractivity contribution in [2.75, 3.05) is 13.2 Å². The van der Waals surface area contributed by atoms with E-state index in [-0.39, 0.29) is 0 Å². The van der Waals surface area contributed by atoms with Gasteiger partial charge in [0.05, 0.1) is 6.61 Å². The molecular weight excluding hydrogens is 360 g/mol. The molecule has 12 nitrogen and oxygen atoms in total. The molecular formula is C9H18N2O10S2. The molecule has 0 amide bonds. The van der Waals surface area contributed by atoms with Crippen molar-refractivity contribution in [3.63, 3.8) is 0 Å². The van der Waals surface area contributed by atoms with Crippen LogP contribution in [0, 0.1) is 0 Å². The van der Waals surface area contributed by atoms with Crippen molar-refractivity contribution in [3.05, 3.63) is 0 Å². The number of hydrogen-bond acceptors (Lipinski definition) is 10. The Morgan fingerprint density at radius 2 is 1.83 bits per heavy atom. The molecule has 0 spiro atoms. The van der Waals surface area contributed by atoms with E-state index in [2.05, 4.69) is 8.37 Å². The number of aliphatic hydroxyl groups is 1. The Morgan fingerprint density at radius 1 is 1.22 bits per heavy atom. The van der Waals surface area contributed by atoms with Gasteiger partial charge in [-0.1, -0.05) is 0 Å². The first-order valence-electron chi connectivity index (χ1n) is 6.31. The van der Waals surface area contributed by atoms with Crippen molar-refractivity contribution in [1.82, 2.24) is 0 Å². The molecule has 2 aliphatic rings. The standard InChI is InChI=1S/C9H18N2O10S2/c1-8(2)19-7-6(12)5(20-23(11,15)16)3-17-9(7,21-8)4-18-22(10,13)14/h5-7,12H,3-4H2,1-2H3,(H2,10,13,14)(H2,11,15,16)/t5-,6-,7+,9+/m1/s1. The summed E-state index contributed by atoms with van der Waals surface area (Å²) < 4.78 is 69.2. The van der Waals surface area contributed by atoms with Crippen LogP contribution in [0.2, 0.25) is 0 Å². The van der Waals surface area contributed by atoms with Gasteiger partial charge in [0.2, 0.25) is 5.79 Å². The zero-order chi connectivity index (χ0) is 17.7. The van der Waals surface area contributed by atoms with Gasteiger partial charge in [0, 0.05) is 0 Å². The molecule has 0 aromatic rings. The maximum Gasteiger partial charge on any atom is 0.333 e. The largest absolute Gasteiger partial charge is 0.387 e. The molecule has 0 bridgehead atoms. The highest BCUT2D eigenvalue weighted by Gasteiger charge is 2.62. The van der Waals surface area contributed by atoms with Gasteiger partial charge in [-0.25, -0.2) is 14.5 Å². The minimum Gasteiger partial charge on any atom is -0.387 e. The summed E-state index contributed by atoms with van der Waals surface area (Å²) >= 11 is 0. The fourth-order valence-corrected chi connectivity index (χ4v) is 3.27. The Balaban J connectivity index is 2.24. The van der Waals surface area contributed by atoms with E-state index in [1.54, 1.807) is 0 Å². The van der Waals surface area contributed by atoms with E-state index in [0.717, 1.165) is 0 Å². The molecule has 2 saturated heterocycles. The first-order valence-corrected chi connectivity index (χ1v) is 9.25. The Morgan fingerprint density at radius 3 is 2.35 bits per heavy atom. The Labute approximate surface area is 133 Å². The third-order valence-electron chi connectivity index (χ3n) is 3.13. The van der Waals surface area contributed by atoms with Crippen LogP contribution in [0.5, 0.6) is 0 Å². The summed E-state index contributed by atoms with van der Waals surface area (Å²) in [6, 6.07) is 0. The minimum absolute atomic E-state index is 0.471. The van der Waals surface area contributed by atoms with Crippen LogP contribution in [0.15, 0.2) is 0 Å². The molecule has 2 fully saturated rings. The SMILES string of the molecule is CC1(C)O[C@H]2[C@H](O)[C@H](OS(N)(=O)=O)CO[C@@]2(COS(N)(=O)=O)O1. The van der Waals surface area contributed by atoms with Gasteiger partial charge in [0.25, 0.3) is 0 Å². The predicted octanol–water partition coefficient (Wildman–Crippen LogP) is -2.97. The normalized spacial score (nSPS) is 37.5. The second-order valence-corrected chi connectivity index (χ2v) is 7.94. The topological polar surface area (TPSA) is 187 Å². The second kappa shape index (κ2) is 5.83. The van der Waals surface area contributed by atoms with Crippen LogP contribution in [0.25, 0.3) is 0 Å². The van der Waals surface area contributed by atoms with Gasteiger partial charge in [0.15, 0.2) is 5.79 Å². The number of aliphatic hydroxyl groups excluding tert-OH is 1. The molecule has 14 heteroatoms. The maximum absolute atomic E-state index is 11.0. The van der Waals surface area contributed by atoms with Crippen LogP contribution in [-0.2, 0) is 43.2 Å². The lowest BCUT2D eigenvalue weighted by Crippen LogP contribution is -2.62. The van der Waals surface area contributed by atoms with Crippen LogP contribution in [0.1, 0.15) is 13.8 Å². The third-order valence-corrected chi connectivity index (χ3v) is 4.09. The van der Waals surface area contributed by atoms with Crippen LogP contribution >= 0.6 is 0 Å². The smallest absolute Gasteiger partial charge is 0.333 e. The fourth-order valence-electron chi connectivity index (χ4n) is 2.43. The van der Waals surface area contributed by atoms with E-state index in [0.29, 0.717) is 0 Å². The summed E-state index contributed by atoms with van der Waals surface area (Å²) in [6.45, 7) is 1.78. The molecule has 4 atom stereocenters. The molecule has 0 unspecified atom stereocenters. The molecule has 23 heavy (non-hydrogen) atoms. The third kappa shape index (κ3) is 4.56. The van der Waals surface area contributed by atoms with E-state index in [1.807, 2.05) is 0 Å². The summed E-state index contributed by atoms with van der Waals surface area (Å²) in [5.74, 6) is -3.09. The lowest BCUT2D eigenvalue weighted by Gasteiger charge is -2.41. The molecule has 0 radical (unpaired) electrons. The van der Waals surface area contributed by atoms with E-state index in [4.69, 9.17) is 24.5 Å². The molecule has 2 heterocycles. The number of hydrogen-bond donors (Lipinski definition) is 3. The second-order valence-electron chi connectivity index (χ2n) is 5.54. The quantitative estimate of drug-likeness (QED) is 0.446. The monoisotopic (exact) mass is 378 g/mol. The van der Waals surface area contributed by atoms with Crippen molar-refractivity contribution >= 4 is 20.6 Å². The van der Waals surface area contributed by atoms with E-state index >= 15 is 0 Å². The van der Waals surface area contributed by atoms with E-state index in [9.17, 15) is 21.9 Å². The van der Waals surface area contributed by atoms with Crippen molar-refractivity contribution in [1.29, 1.82) is 0 Å². The molecule has 0 saturated carbocycles. The number of nitrogens with two attached hydrogens (primary N) is 2. The lowest BCUT2D eigenvalue weighted by molar-refractivity contribution is -0.298. The molecule has 5 N–H and O–H groups in total. The van der Waals surface area contributed by atoms with Gasteiger partial charge in [-0.3, -0.25) is 4.18 Å². The first-order chi connectivity index (χ1) is 10.2.